The Labute approximate surface area is 154 Å². The quantitative estimate of drug-likeness (QED) is 0.725. The van der Waals surface area contributed by atoms with Crippen LogP contribution >= 0.6 is 22.6 Å². The molecule has 24 heavy (non-hydrogen) atoms. The predicted octanol–water partition coefficient (Wildman–Crippen LogP) is 3.21. The first kappa shape index (κ1) is 16.8. The second-order valence-electron chi connectivity index (χ2n) is 5.77. The SMILES string of the molecule is O=C(Nc1ccc(I)cc1)NC1CC(=O)N(Cc2ccccc2)C1. The van der Waals surface area contributed by atoms with E-state index in [2.05, 4.69) is 33.2 Å². The summed E-state index contributed by atoms with van der Waals surface area (Å²) in [6.07, 6.45) is 0.340. The molecular weight excluding hydrogens is 417 g/mol. The average Bonchev–Trinajstić information content (AvgIpc) is 2.90. The Hall–Kier alpha value is -2.09. The summed E-state index contributed by atoms with van der Waals surface area (Å²) in [5.74, 6) is 0.0680. The van der Waals surface area contributed by atoms with Gasteiger partial charge in [0.05, 0.1) is 6.04 Å². The normalized spacial score (nSPS) is 17.0. The van der Waals surface area contributed by atoms with Gasteiger partial charge >= 0.3 is 6.03 Å². The molecule has 0 bridgehead atoms. The van der Waals surface area contributed by atoms with Gasteiger partial charge < -0.3 is 15.5 Å². The van der Waals surface area contributed by atoms with E-state index in [1.807, 2.05) is 54.6 Å². The molecule has 1 aliphatic rings. The van der Waals surface area contributed by atoms with Crippen LogP contribution in [0.1, 0.15) is 12.0 Å². The van der Waals surface area contributed by atoms with Gasteiger partial charge in [0, 0.05) is 28.8 Å². The van der Waals surface area contributed by atoms with Crippen molar-refractivity contribution in [3.05, 3.63) is 63.7 Å². The van der Waals surface area contributed by atoms with E-state index in [0.29, 0.717) is 19.5 Å². The lowest BCUT2D eigenvalue weighted by Crippen LogP contribution is -2.39. The van der Waals surface area contributed by atoms with Crippen LogP contribution in [0.5, 0.6) is 0 Å². The molecule has 0 aliphatic carbocycles. The Morgan fingerprint density at radius 1 is 1.12 bits per heavy atom. The maximum absolute atomic E-state index is 12.1. The average molecular weight is 435 g/mol. The molecule has 2 aromatic carbocycles. The van der Waals surface area contributed by atoms with Gasteiger partial charge in [-0.3, -0.25) is 4.79 Å². The minimum atomic E-state index is -0.282. The first-order valence-electron chi connectivity index (χ1n) is 7.75. The molecular formula is C18H18IN3O2. The van der Waals surface area contributed by atoms with Gasteiger partial charge in [-0.1, -0.05) is 30.3 Å². The van der Waals surface area contributed by atoms with E-state index in [1.54, 1.807) is 4.90 Å². The second kappa shape index (κ2) is 7.65. The van der Waals surface area contributed by atoms with Crippen molar-refractivity contribution in [2.45, 2.75) is 19.0 Å². The molecule has 0 saturated carbocycles. The molecule has 1 aliphatic heterocycles. The third kappa shape index (κ3) is 4.47. The van der Waals surface area contributed by atoms with Crippen molar-refractivity contribution in [3.63, 3.8) is 0 Å². The molecule has 1 atom stereocenters. The fraction of sp³-hybridized carbons (Fsp3) is 0.222. The summed E-state index contributed by atoms with van der Waals surface area (Å²) in [5.41, 5.74) is 1.83. The van der Waals surface area contributed by atoms with Crippen molar-refractivity contribution in [3.8, 4) is 0 Å². The third-order valence-electron chi connectivity index (χ3n) is 3.87. The molecule has 3 amide bonds. The van der Waals surface area contributed by atoms with Gasteiger partial charge in [-0.15, -0.1) is 0 Å². The molecule has 1 heterocycles. The first-order valence-corrected chi connectivity index (χ1v) is 8.83. The summed E-state index contributed by atoms with van der Waals surface area (Å²) < 4.78 is 1.11. The van der Waals surface area contributed by atoms with E-state index < -0.39 is 0 Å². The number of carbonyl (C=O) groups is 2. The first-order chi connectivity index (χ1) is 11.6. The molecule has 3 rings (SSSR count). The van der Waals surface area contributed by atoms with Crippen molar-refractivity contribution in [2.24, 2.45) is 0 Å². The van der Waals surface area contributed by atoms with Gasteiger partial charge in [-0.05, 0) is 52.4 Å². The van der Waals surface area contributed by atoms with Crippen molar-refractivity contribution < 1.29 is 9.59 Å². The number of nitrogens with zero attached hydrogens (tertiary/aromatic N) is 1. The fourth-order valence-corrected chi connectivity index (χ4v) is 3.07. The summed E-state index contributed by atoms with van der Waals surface area (Å²) in [6.45, 7) is 1.12. The molecule has 0 spiro atoms. The van der Waals surface area contributed by atoms with Crippen LogP contribution in [0.4, 0.5) is 10.5 Å². The highest BCUT2D eigenvalue weighted by molar-refractivity contribution is 14.1. The predicted molar refractivity (Wildman–Crippen MR) is 102 cm³/mol. The number of amides is 3. The van der Waals surface area contributed by atoms with Gasteiger partial charge in [0.15, 0.2) is 0 Å². The number of benzene rings is 2. The minimum absolute atomic E-state index is 0.0680. The van der Waals surface area contributed by atoms with E-state index in [4.69, 9.17) is 0 Å². The van der Waals surface area contributed by atoms with Crippen LogP contribution < -0.4 is 10.6 Å². The van der Waals surface area contributed by atoms with Crippen molar-refractivity contribution in [1.82, 2.24) is 10.2 Å². The van der Waals surface area contributed by atoms with Crippen LogP contribution in [-0.2, 0) is 11.3 Å². The third-order valence-corrected chi connectivity index (χ3v) is 4.59. The topological polar surface area (TPSA) is 61.4 Å². The van der Waals surface area contributed by atoms with Gasteiger partial charge in [-0.25, -0.2) is 4.79 Å². The van der Waals surface area contributed by atoms with Crippen molar-refractivity contribution in [1.29, 1.82) is 0 Å². The van der Waals surface area contributed by atoms with E-state index >= 15 is 0 Å². The molecule has 1 saturated heterocycles. The zero-order valence-electron chi connectivity index (χ0n) is 13.0. The molecule has 124 valence electrons. The minimum Gasteiger partial charge on any atom is -0.336 e. The molecule has 0 aromatic heterocycles. The number of urea groups is 1. The number of carbonyl (C=O) groups excluding carboxylic acids is 2. The van der Waals surface area contributed by atoms with Crippen molar-refractivity contribution >= 4 is 40.2 Å². The number of hydrogen-bond donors (Lipinski definition) is 2. The Balaban J connectivity index is 1.52. The van der Waals surface area contributed by atoms with E-state index in [-0.39, 0.29) is 18.0 Å². The summed E-state index contributed by atoms with van der Waals surface area (Å²) >= 11 is 2.21. The monoisotopic (exact) mass is 435 g/mol. The Bertz CT molecular complexity index is 719. The molecule has 6 heteroatoms. The lowest BCUT2D eigenvalue weighted by Gasteiger charge is -2.17. The number of rotatable bonds is 4. The molecule has 0 radical (unpaired) electrons. The number of anilines is 1. The number of hydrogen-bond acceptors (Lipinski definition) is 2. The zero-order valence-corrected chi connectivity index (χ0v) is 15.2. The summed E-state index contributed by atoms with van der Waals surface area (Å²) in [4.78, 5) is 26.0. The highest BCUT2D eigenvalue weighted by Gasteiger charge is 2.30. The maximum atomic E-state index is 12.1. The largest absolute Gasteiger partial charge is 0.336 e. The van der Waals surface area contributed by atoms with Gasteiger partial charge in [0.25, 0.3) is 0 Å². The van der Waals surface area contributed by atoms with Gasteiger partial charge in [0.1, 0.15) is 0 Å². The molecule has 1 unspecified atom stereocenters. The van der Waals surface area contributed by atoms with Crippen LogP contribution in [0.3, 0.4) is 0 Å². The Kier molecular flexibility index (Phi) is 5.34. The van der Waals surface area contributed by atoms with Gasteiger partial charge in [0.2, 0.25) is 5.91 Å². The lowest BCUT2D eigenvalue weighted by atomic mass is 10.2. The van der Waals surface area contributed by atoms with E-state index in [0.717, 1.165) is 14.8 Å². The number of nitrogens with one attached hydrogen (secondary N) is 2. The molecule has 1 fully saturated rings. The van der Waals surface area contributed by atoms with Crippen LogP contribution in [0.15, 0.2) is 54.6 Å². The number of halogens is 1. The zero-order chi connectivity index (χ0) is 16.9. The molecule has 2 N–H and O–H groups in total. The second-order valence-corrected chi connectivity index (χ2v) is 7.01. The van der Waals surface area contributed by atoms with Crippen molar-refractivity contribution in [2.75, 3.05) is 11.9 Å². The number of likely N-dealkylation sites (tertiary alicyclic amines) is 1. The lowest BCUT2D eigenvalue weighted by molar-refractivity contribution is -0.128. The Morgan fingerprint density at radius 3 is 2.54 bits per heavy atom. The van der Waals surface area contributed by atoms with Crippen LogP contribution in [0.25, 0.3) is 0 Å². The Morgan fingerprint density at radius 2 is 1.83 bits per heavy atom. The van der Waals surface area contributed by atoms with Crippen LogP contribution in [0, 0.1) is 3.57 Å². The fourth-order valence-electron chi connectivity index (χ4n) is 2.71. The summed E-state index contributed by atoms with van der Waals surface area (Å²) in [5, 5.41) is 5.67. The summed E-state index contributed by atoms with van der Waals surface area (Å²) in [6, 6.07) is 17.0. The highest BCUT2D eigenvalue weighted by Crippen LogP contribution is 2.16. The van der Waals surface area contributed by atoms with Crippen LogP contribution in [0.2, 0.25) is 0 Å². The highest BCUT2D eigenvalue weighted by atomic mass is 127. The molecule has 5 nitrogen and oxygen atoms in total. The van der Waals surface area contributed by atoms with E-state index in [1.165, 1.54) is 0 Å². The van der Waals surface area contributed by atoms with Gasteiger partial charge in [-0.2, -0.15) is 0 Å². The summed E-state index contributed by atoms with van der Waals surface area (Å²) in [7, 11) is 0. The maximum Gasteiger partial charge on any atom is 0.319 e. The van der Waals surface area contributed by atoms with E-state index in [9.17, 15) is 9.59 Å². The molecule has 2 aromatic rings. The smallest absolute Gasteiger partial charge is 0.319 e. The standard InChI is InChI=1S/C18H18IN3O2/c19-14-6-8-15(9-7-14)20-18(24)21-16-10-17(23)22(12-16)11-13-4-2-1-3-5-13/h1-9,16H,10-12H2,(H2,20,21,24). The van der Waals surface area contributed by atoms with Crippen LogP contribution in [-0.4, -0.2) is 29.4 Å².